The molecule has 3 aromatic rings. The highest BCUT2D eigenvalue weighted by Crippen LogP contribution is 2.34. The number of ether oxygens (including phenoxy) is 3. The van der Waals surface area contributed by atoms with Crippen molar-refractivity contribution in [3.63, 3.8) is 0 Å². The highest BCUT2D eigenvalue weighted by Gasteiger charge is 2.36. The third-order valence-corrected chi connectivity index (χ3v) is 7.21. The second-order valence-corrected chi connectivity index (χ2v) is 12.4. The average Bonchev–Trinajstić information content (AvgIpc) is 3.35. The molecule has 242 valence electrons. The lowest BCUT2D eigenvalue weighted by molar-refractivity contribution is -0.168. The SMILES string of the molecule is CC(C)(C)NC(=O)c1nn(-c2ccc(C#CCOC[C@@H](N)C(F)(F)F)cc2Cl)c(-c2ccc(Cl)cc2)c1COC1CCCCO1. The van der Waals surface area contributed by atoms with Gasteiger partial charge in [0.25, 0.3) is 5.91 Å². The Morgan fingerprint density at radius 1 is 1.18 bits per heavy atom. The zero-order chi connectivity index (χ0) is 32.8. The summed E-state index contributed by atoms with van der Waals surface area (Å²) in [6.07, 6.45) is -2.28. The quantitative estimate of drug-likeness (QED) is 0.195. The summed E-state index contributed by atoms with van der Waals surface area (Å²) in [4.78, 5) is 13.6. The van der Waals surface area contributed by atoms with E-state index in [1.54, 1.807) is 35.0 Å². The van der Waals surface area contributed by atoms with E-state index < -0.39 is 30.7 Å². The van der Waals surface area contributed by atoms with Crippen molar-refractivity contribution < 1.29 is 32.2 Å². The number of alkyl halides is 3. The number of nitrogens with two attached hydrogens (primary N) is 1. The lowest BCUT2D eigenvalue weighted by atomic mass is 10.0. The molecule has 4 rings (SSSR count). The molecular formula is C32H35Cl2F3N4O4. The number of amides is 1. The first-order valence-corrected chi connectivity index (χ1v) is 15.1. The highest BCUT2D eigenvalue weighted by molar-refractivity contribution is 6.32. The molecule has 0 bridgehead atoms. The maximum atomic E-state index is 13.6. The lowest BCUT2D eigenvalue weighted by Gasteiger charge is -2.23. The fourth-order valence-electron chi connectivity index (χ4n) is 4.49. The van der Waals surface area contributed by atoms with Crippen molar-refractivity contribution >= 4 is 29.1 Å². The summed E-state index contributed by atoms with van der Waals surface area (Å²) in [5.74, 6) is 5.10. The number of aromatic nitrogens is 2. The van der Waals surface area contributed by atoms with Gasteiger partial charge in [-0.25, -0.2) is 4.68 Å². The molecule has 1 aliphatic rings. The molecule has 1 amide bonds. The van der Waals surface area contributed by atoms with E-state index in [2.05, 4.69) is 17.2 Å². The Kier molecular flexibility index (Phi) is 11.6. The van der Waals surface area contributed by atoms with Crippen LogP contribution >= 0.6 is 23.2 Å². The Bertz CT molecular complexity index is 1540. The Morgan fingerprint density at radius 3 is 2.53 bits per heavy atom. The van der Waals surface area contributed by atoms with Crippen LogP contribution in [0.5, 0.6) is 0 Å². The van der Waals surface area contributed by atoms with E-state index in [-0.39, 0.29) is 29.8 Å². The zero-order valence-electron chi connectivity index (χ0n) is 25.1. The second kappa shape index (κ2) is 15.0. The minimum Gasteiger partial charge on any atom is -0.367 e. The van der Waals surface area contributed by atoms with Crippen molar-refractivity contribution in [1.82, 2.24) is 15.1 Å². The fourth-order valence-corrected chi connectivity index (χ4v) is 4.88. The molecule has 0 radical (unpaired) electrons. The summed E-state index contributed by atoms with van der Waals surface area (Å²) in [5, 5.41) is 8.53. The molecule has 1 saturated heterocycles. The van der Waals surface area contributed by atoms with Crippen molar-refractivity contribution in [3.8, 4) is 28.8 Å². The van der Waals surface area contributed by atoms with E-state index >= 15 is 0 Å². The molecule has 1 aromatic heterocycles. The Hall–Kier alpha value is -3.11. The van der Waals surface area contributed by atoms with Gasteiger partial charge in [0, 0.05) is 33.9 Å². The molecule has 8 nitrogen and oxygen atoms in total. The van der Waals surface area contributed by atoms with E-state index in [0.717, 1.165) is 24.8 Å². The van der Waals surface area contributed by atoms with Crippen molar-refractivity contribution in [2.75, 3.05) is 19.8 Å². The van der Waals surface area contributed by atoms with Crippen LogP contribution in [0.3, 0.4) is 0 Å². The van der Waals surface area contributed by atoms with E-state index in [4.69, 9.17) is 48.2 Å². The van der Waals surface area contributed by atoms with Crippen molar-refractivity contribution in [2.45, 2.75) is 70.7 Å². The standard InChI is InChI=1S/C32H35Cl2F3N4O4/c1-31(2,3)39-30(42)28-23(18-45-27-8-4-5-16-44-27)29(21-10-12-22(33)13-11-21)41(40-28)25-14-9-20(17-24(25)34)7-6-15-43-19-26(38)32(35,36)37/h9-14,17,26-27H,4-5,8,15-16,18-19,38H2,1-3H3,(H,39,42)/t26-,27?/m1/s1. The predicted octanol–water partition coefficient (Wildman–Crippen LogP) is 6.68. The third-order valence-electron chi connectivity index (χ3n) is 6.66. The van der Waals surface area contributed by atoms with Gasteiger partial charge >= 0.3 is 6.18 Å². The monoisotopic (exact) mass is 666 g/mol. The van der Waals surface area contributed by atoms with Gasteiger partial charge in [-0.05, 0) is 70.4 Å². The normalized spacial score (nSPS) is 16.2. The van der Waals surface area contributed by atoms with E-state index in [9.17, 15) is 18.0 Å². The van der Waals surface area contributed by atoms with Gasteiger partial charge in [0.05, 0.1) is 29.6 Å². The van der Waals surface area contributed by atoms with E-state index in [1.165, 1.54) is 0 Å². The molecule has 2 atom stereocenters. The van der Waals surface area contributed by atoms with Crippen molar-refractivity contribution in [3.05, 3.63) is 69.3 Å². The molecule has 45 heavy (non-hydrogen) atoms. The molecule has 0 aliphatic carbocycles. The van der Waals surface area contributed by atoms with Crippen LogP contribution in [0, 0.1) is 11.8 Å². The summed E-state index contributed by atoms with van der Waals surface area (Å²) in [7, 11) is 0. The molecule has 1 aliphatic heterocycles. The number of rotatable bonds is 9. The smallest absolute Gasteiger partial charge is 0.367 e. The number of halogens is 5. The van der Waals surface area contributed by atoms with Crippen LogP contribution in [0.25, 0.3) is 16.9 Å². The van der Waals surface area contributed by atoms with Gasteiger partial charge in [0.2, 0.25) is 0 Å². The highest BCUT2D eigenvalue weighted by atomic mass is 35.5. The fraction of sp³-hybridized carbons (Fsp3) is 0.438. The minimum absolute atomic E-state index is 0.0503. The molecule has 2 aromatic carbocycles. The van der Waals surface area contributed by atoms with Crippen molar-refractivity contribution in [2.24, 2.45) is 5.73 Å². The molecular weight excluding hydrogens is 632 g/mol. The number of carbonyl (C=O) groups excluding carboxylic acids is 1. The molecule has 13 heteroatoms. The summed E-state index contributed by atoms with van der Waals surface area (Å²) in [5.41, 5.74) is 7.48. The van der Waals surface area contributed by atoms with Gasteiger partial charge in [-0.15, -0.1) is 0 Å². The number of benzene rings is 2. The largest absolute Gasteiger partial charge is 0.405 e. The van der Waals surface area contributed by atoms with Gasteiger partial charge in [-0.2, -0.15) is 18.3 Å². The Morgan fingerprint density at radius 2 is 1.91 bits per heavy atom. The van der Waals surface area contributed by atoms with Crippen LogP contribution in [0.1, 0.15) is 61.6 Å². The topological polar surface area (TPSA) is 101 Å². The van der Waals surface area contributed by atoms with Crippen LogP contribution in [-0.2, 0) is 20.8 Å². The van der Waals surface area contributed by atoms with Crippen LogP contribution in [0.4, 0.5) is 13.2 Å². The summed E-state index contributed by atoms with van der Waals surface area (Å²) in [6, 6.07) is 10.0. The zero-order valence-corrected chi connectivity index (χ0v) is 26.7. The van der Waals surface area contributed by atoms with Crippen LogP contribution in [0.2, 0.25) is 10.0 Å². The van der Waals surface area contributed by atoms with Gasteiger partial charge in [-0.1, -0.05) is 47.2 Å². The summed E-state index contributed by atoms with van der Waals surface area (Å²) >= 11 is 13.0. The maximum absolute atomic E-state index is 13.6. The molecule has 0 saturated carbocycles. The first kappa shape index (κ1) is 34.8. The Balaban J connectivity index is 1.71. The first-order valence-electron chi connectivity index (χ1n) is 14.4. The average molecular weight is 668 g/mol. The number of hydrogen-bond donors (Lipinski definition) is 2. The van der Waals surface area contributed by atoms with Gasteiger partial charge in [-0.3, -0.25) is 4.79 Å². The number of hydrogen-bond acceptors (Lipinski definition) is 6. The third kappa shape index (κ3) is 9.69. The minimum atomic E-state index is -4.54. The second-order valence-electron chi connectivity index (χ2n) is 11.5. The molecule has 2 heterocycles. The maximum Gasteiger partial charge on any atom is 0.405 e. The van der Waals surface area contributed by atoms with Crippen molar-refractivity contribution in [1.29, 1.82) is 0 Å². The Labute approximate surface area is 270 Å². The summed E-state index contributed by atoms with van der Waals surface area (Å²) in [6.45, 7) is 5.33. The number of nitrogens with one attached hydrogen (secondary N) is 1. The van der Waals surface area contributed by atoms with Crippen LogP contribution in [0.15, 0.2) is 42.5 Å². The van der Waals surface area contributed by atoms with Crippen LogP contribution in [-0.4, -0.2) is 59.6 Å². The molecule has 1 fully saturated rings. The van der Waals surface area contributed by atoms with Gasteiger partial charge in [0.1, 0.15) is 12.6 Å². The van der Waals surface area contributed by atoms with Gasteiger partial charge < -0.3 is 25.3 Å². The molecule has 3 N–H and O–H groups in total. The predicted molar refractivity (Wildman–Crippen MR) is 166 cm³/mol. The van der Waals surface area contributed by atoms with E-state index in [0.29, 0.717) is 34.1 Å². The lowest BCUT2D eigenvalue weighted by Crippen LogP contribution is -2.41. The molecule has 0 spiro atoms. The first-order chi connectivity index (χ1) is 21.2. The molecule has 1 unspecified atom stereocenters. The number of carbonyl (C=O) groups is 1. The van der Waals surface area contributed by atoms with Gasteiger partial charge in [0.15, 0.2) is 12.0 Å². The van der Waals surface area contributed by atoms with E-state index in [1.807, 2.05) is 32.9 Å². The van der Waals surface area contributed by atoms with Crippen LogP contribution < -0.4 is 11.1 Å². The summed E-state index contributed by atoms with van der Waals surface area (Å²) < 4.78 is 56.2. The number of nitrogens with zero attached hydrogens (tertiary/aromatic N) is 2.